The van der Waals surface area contributed by atoms with Crippen LogP contribution in [0.25, 0.3) is 11.4 Å². The van der Waals surface area contributed by atoms with Crippen LogP contribution in [0.1, 0.15) is 15.2 Å². The number of benzene rings is 1. The first kappa shape index (κ1) is 19.4. The summed E-state index contributed by atoms with van der Waals surface area (Å²) in [5.41, 5.74) is 8.09. The van der Waals surface area contributed by atoms with Crippen LogP contribution in [0.2, 0.25) is 0 Å². The molecule has 1 saturated heterocycles. The number of carbonyl (C=O) groups excluding carboxylic acids is 1. The number of nitrogens with zero attached hydrogens (tertiary/aromatic N) is 4. The number of ether oxygens (including phenoxy) is 1. The minimum atomic E-state index is -0.465. The highest BCUT2D eigenvalue weighted by Gasteiger charge is 2.24. The predicted molar refractivity (Wildman–Crippen MR) is 114 cm³/mol. The highest BCUT2D eigenvalue weighted by molar-refractivity contribution is 7.18. The van der Waals surface area contributed by atoms with Crippen molar-refractivity contribution < 1.29 is 9.53 Å². The van der Waals surface area contributed by atoms with Crippen LogP contribution >= 0.6 is 11.3 Å². The molecule has 0 atom stereocenters. The summed E-state index contributed by atoms with van der Waals surface area (Å²) in [6.07, 6.45) is 1.69. The largest absolute Gasteiger partial charge is 0.497 e. The van der Waals surface area contributed by atoms with Gasteiger partial charge < -0.3 is 15.4 Å². The van der Waals surface area contributed by atoms with Crippen molar-refractivity contribution in [1.82, 2.24) is 14.9 Å². The topological polar surface area (TPSA) is 84.6 Å². The Balaban J connectivity index is 1.43. The molecule has 4 rings (SSSR count). The number of hydrogen-bond donors (Lipinski definition) is 1. The van der Waals surface area contributed by atoms with Gasteiger partial charge in [0.15, 0.2) is 5.13 Å². The first-order valence-corrected chi connectivity index (χ1v) is 10.3. The molecule has 1 amide bonds. The lowest BCUT2D eigenvalue weighted by Crippen LogP contribution is -2.45. The lowest BCUT2D eigenvalue weighted by atomic mass is 10.2. The second-order valence-corrected chi connectivity index (χ2v) is 7.84. The maximum atomic E-state index is 11.9. The van der Waals surface area contributed by atoms with Gasteiger partial charge in [-0.2, -0.15) is 0 Å². The molecule has 0 bridgehead atoms. The molecule has 7 nitrogen and oxygen atoms in total. The van der Waals surface area contributed by atoms with E-state index in [4.69, 9.17) is 15.5 Å². The van der Waals surface area contributed by atoms with Crippen LogP contribution in [0.3, 0.4) is 0 Å². The number of primary amides is 1. The van der Waals surface area contributed by atoms with Crippen LogP contribution in [-0.2, 0) is 6.54 Å². The summed E-state index contributed by atoms with van der Waals surface area (Å²) in [7, 11) is 1.68. The average molecular weight is 410 g/mol. The van der Waals surface area contributed by atoms with Gasteiger partial charge in [-0.05, 0) is 29.8 Å². The third kappa shape index (κ3) is 4.38. The number of piperazine rings is 1. The second-order valence-electron chi connectivity index (χ2n) is 6.86. The molecule has 0 unspecified atom stereocenters. The Morgan fingerprint density at radius 2 is 1.90 bits per heavy atom. The van der Waals surface area contributed by atoms with Gasteiger partial charge in [-0.25, -0.2) is 4.98 Å². The first-order chi connectivity index (χ1) is 14.1. The molecule has 8 heteroatoms. The molecular weight excluding hydrogens is 386 g/mol. The molecule has 3 heterocycles. The SMILES string of the molecule is COc1ccc(CN2CCN(c3nc(-c4ccccn4)c(C(N)=O)s3)CC2)cc1. The molecule has 2 N–H and O–H groups in total. The van der Waals surface area contributed by atoms with E-state index >= 15 is 0 Å². The normalized spacial score (nSPS) is 14.7. The summed E-state index contributed by atoms with van der Waals surface area (Å²) >= 11 is 1.35. The molecule has 1 fully saturated rings. The quantitative estimate of drug-likeness (QED) is 0.674. The van der Waals surface area contributed by atoms with Gasteiger partial charge in [-0.15, -0.1) is 0 Å². The third-order valence-corrected chi connectivity index (χ3v) is 6.09. The monoisotopic (exact) mass is 409 g/mol. The standard InChI is InChI=1S/C21H23N5O2S/c1-28-16-7-5-15(6-8-16)14-25-10-12-26(13-11-25)21-24-18(19(29-21)20(22)27)17-4-2-3-9-23-17/h2-9H,10-14H2,1H3,(H2,22,27). The van der Waals surface area contributed by atoms with E-state index in [-0.39, 0.29) is 0 Å². The van der Waals surface area contributed by atoms with Gasteiger partial charge >= 0.3 is 0 Å². The summed E-state index contributed by atoms with van der Waals surface area (Å²) < 4.78 is 5.22. The van der Waals surface area contributed by atoms with Gasteiger partial charge in [0.25, 0.3) is 5.91 Å². The number of rotatable bonds is 6. The number of pyridine rings is 1. The minimum Gasteiger partial charge on any atom is -0.497 e. The molecule has 1 aliphatic rings. The van der Waals surface area contributed by atoms with Gasteiger partial charge in [-0.3, -0.25) is 14.7 Å². The van der Waals surface area contributed by atoms with Crippen LogP contribution in [0.15, 0.2) is 48.7 Å². The summed E-state index contributed by atoms with van der Waals surface area (Å²) in [6.45, 7) is 4.46. The van der Waals surface area contributed by atoms with Gasteiger partial charge in [0.1, 0.15) is 16.3 Å². The lowest BCUT2D eigenvalue weighted by Gasteiger charge is -2.34. The molecule has 2 aromatic heterocycles. The maximum absolute atomic E-state index is 11.9. The molecule has 0 radical (unpaired) electrons. The number of nitrogens with two attached hydrogens (primary N) is 1. The van der Waals surface area contributed by atoms with E-state index < -0.39 is 5.91 Å². The number of amides is 1. The molecule has 3 aromatic rings. The zero-order chi connectivity index (χ0) is 20.2. The summed E-state index contributed by atoms with van der Waals surface area (Å²) in [5.74, 6) is 0.406. The van der Waals surface area contributed by atoms with Gasteiger partial charge in [-0.1, -0.05) is 29.5 Å². The van der Waals surface area contributed by atoms with Crippen molar-refractivity contribution in [2.45, 2.75) is 6.54 Å². The minimum absolute atomic E-state index is 0.458. The Morgan fingerprint density at radius 1 is 1.14 bits per heavy atom. The number of aromatic nitrogens is 2. The number of anilines is 1. The average Bonchev–Trinajstić information content (AvgIpc) is 3.21. The van der Waals surface area contributed by atoms with E-state index in [2.05, 4.69) is 26.9 Å². The van der Waals surface area contributed by atoms with Crippen molar-refractivity contribution >= 4 is 22.4 Å². The van der Waals surface area contributed by atoms with Gasteiger partial charge in [0, 0.05) is 38.9 Å². The molecule has 150 valence electrons. The molecule has 1 aromatic carbocycles. The molecule has 1 aliphatic heterocycles. The fourth-order valence-electron chi connectivity index (χ4n) is 3.37. The third-order valence-electron chi connectivity index (χ3n) is 4.96. The molecule has 0 aliphatic carbocycles. The molecular formula is C21H23N5O2S. The van der Waals surface area contributed by atoms with E-state index in [1.807, 2.05) is 30.3 Å². The number of carbonyl (C=O) groups is 1. The van der Waals surface area contributed by atoms with Crippen molar-refractivity contribution in [3.8, 4) is 17.1 Å². The van der Waals surface area contributed by atoms with Crippen molar-refractivity contribution in [3.63, 3.8) is 0 Å². The fourth-order valence-corrected chi connectivity index (χ4v) is 4.35. The first-order valence-electron chi connectivity index (χ1n) is 9.46. The Kier molecular flexibility index (Phi) is 5.73. The second kappa shape index (κ2) is 8.59. The van der Waals surface area contributed by atoms with Crippen molar-refractivity contribution in [2.75, 3.05) is 38.2 Å². The van der Waals surface area contributed by atoms with Gasteiger partial charge in [0.05, 0.1) is 12.8 Å². The zero-order valence-electron chi connectivity index (χ0n) is 16.2. The molecule has 0 saturated carbocycles. The molecule has 29 heavy (non-hydrogen) atoms. The van der Waals surface area contributed by atoms with Crippen LogP contribution in [0, 0.1) is 0 Å². The van der Waals surface area contributed by atoms with Crippen LogP contribution in [0.4, 0.5) is 5.13 Å². The number of hydrogen-bond acceptors (Lipinski definition) is 7. The summed E-state index contributed by atoms with van der Waals surface area (Å²) in [5, 5.41) is 0.823. The van der Waals surface area contributed by atoms with Crippen molar-refractivity contribution in [3.05, 3.63) is 59.1 Å². The predicted octanol–water partition coefficient (Wildman–Crippen LogP) is 2.63. The maximum Gasteiger partial charge on any atom is 0.261 e. The smallest absolute Gasteiger partial charge is 0.261 e. The summed E-state index contributed by atoms with van der Waals surface area (Å²) in [6, 6.07) is 13.7. The van der Waals surface area contributed by atoms with Crippen LogP contribution in [-0.4, -0.2) is 54.1 Å². The number of methoxy groups -OCH3 is 1. The highest BCUT2D eigenvalue weighted by atomic mass is 32.1. The Morgan fingerprint density at radius 3 is 2.52 bits per heavy atom. The van der Waals surface area contributed by atoms with E-state index in [0.29, 0.717) is 16.3 Å². The molecule has 0 spiro atoms. The van der Waals surface area contributed by atoms with Gasteiger partial charge in [0.2, 0.25) is 0 Å². The van der Waals surface area contributed by atoms with E-state index in [0.717, 1.165) is 43.6 Å². The summed E-state index contributed by atoms with van der Waals surface area (Å²) in [4.78, 5) is 26.0. The highest BCUT2D eigenvalue weighted by Crippen LogP contribution is 2.32. The van der Waals surface area contributed by atoms with Crippen molar-refractivity contribution in [1.29, 1.82) is 0 Å². The van der Waals surface area contributed by atoms with Crippen molar-refractivity contribution in [2.24, 2.45) is 5.73 Å². The lowest BCUT2D eigenvalue weighted by molar-refractivity contribution is 0.100. The zero-order valence-corrected chi connectivity index (χ0v) is 17.1. The Bertz CT molecular complexity index is 966. The Labute approximate surface area is 173 Å². The van der Waals surface area contributed by atoms with E-state index in [1.54, 1.807) is 13.3 Å². The fraction of sp³-hybridized carbons (Fsp3) is 0.286. The van der Waals surface area contributed by atoms with E-state index in [1.165, 1.54) is 16.9 Å². The van der Waals surface area contributed by atoms with Crippen LogP contribution < -0.4 is 15.4 Å². The van der Waals surface area contributed by atoms with Crippen LogP contribution in [0.5, 0.6) is 5.75 Å². The Hall–Kier alpha value is -2.97. The van der Waals surface area contributed by atoms with E-state index in [9.17, 15) is 4.79 Å². The number of thiazole rings is 1.